The highest BCUT2D eigenvalue weighted by Crippen LogP contribution is 2.00. The summed E-state index contributed by atoms with van der Waals surface area (Å²) < 4.78 is 10.1. The number of carbonyl (C=O) groups is 1. The highest BCUT2D eigenvalue weighted by Gasteiger charge is 2.05. The summed E-state index contributed by atoms with van der Waals surface area (Å²) in [5.74, 6) is -0.715. The van der Waals surface area contributed by atoms with Gasteiger partial charge in [0.15, 0.2) is 0 Å². The monoisotopic (exact) mass is 247 g/mol. The Labute approximate surface area is 104 Å². The molecular formula is C12H25NO4. The molecule has 0 fully saturated rings. The zero-order valence-electron chi connectivity index (χ0n) is 11.0. The van der Waals surface area contributed by atoms with Crippen LogP contribution >= 0.6 is 0 Å². The lowest BCUT2D eigenvalue weighted by Crippen LogP contribution is -2.30. The van der Waals surface area contributed by atoms with Gasteiger partial charge in [-0.25, -0.2) is 0 Å². The Morgan fingerprint density at radius 3 is 2.24 bits per heavy atom. The molecule has 0 aliphatic carbocycles. The number of carboxylic acid groups (broad SMARTS) is 1. The fourth-order valence-electron chi connectivity index (χ4n) is 1.60. The maximum Gasteiger partial charge on any atom is 0.303 e. The zero-order chi connectivity index (χ0) is 12.9. The van der Waals surface area contributed by atoms with Crippen LogP contribution in [0.3, 0.4) is 0 Å². The van der Waals surface area contributed by atoms with Gasteiger partial charge in [-0.1, -0.05) is 0 Å². The van der Waals surface area contributed by atoms with Crippen molar-refractivity contribution in [1.82, 2.24) is 4.90 Å². The number of rotatable bonds is 12. The summed E-state index contributed by atoms with van der Waals surface area (Å²) in [6.45, 7) is 4.28. The summed E-state index contributed by atoms with van der Waals surface area (Å²) in [5.41, 5.74) is 0. The van der Waals surface area contributed by atoms with Gasteiger partial charge in [-0.15, -0.1) is 0 Å². The van der Waals surface area contributed by atoms with Crippen LogP contribution in [0.1, 0.15) is 25.7 Å². The minimum Gasteiger partial charge on any atom is -0.481 e. The van der Waals surface area contributed by atoms with E-state index in [2.05, 4.69) is 4.90 Å². The van der Waals surface area contributed by atoms with Crippen LogP contribution in [0.5, 0.6) is 0 Å². The molecule has 0 saturated heterocycles. The minimum atomic E-state index is -0.715. The van der Waals surface area contributed by atoms with Crippen LogP contribution < -0.4 is 0 Å². The normalized spacial score (nSPS) is 11.0. The predicted molar refractivity (Wildman–Crippen MR) is 66.3 cm³/mol. The average Bonchev–Trinajstić information content (AvgIpc) is 2.30. The largest absolute Gasteiger partial charge is 0.481 e. The van der Waals surface area contributed by atoms with Gasteiger partial charge >= 0.3 is 5.97 Å². The van der Waals surface area contributed by atoms with Gasteiger partial charge in [0.1, 0.15) is 0 Å². The molecule has 0 aliphatic rings. The van der Waals surface area contributed by atoms with E-state index in [1.165, 1.54) is 0 Å². The van der Waals surface area contributed by atoms with E-state index >= 15 is 0 Å². The summed E-state index contributed by atoms with van der Waals surface area (Å²) in [7, 11) is 3.39. The van der Waals surface area contributed by atoms with Gasteiger partial charge in [-0.2, -0.15) is 0 Å². The van der Waals surface area contributed by atoms with Gasteiger partial charge in [0, 0.05) is 40.3 Å². The van der Waals surface area contributed by atoms with Crippen LogP contribution in [0.15, 0.2) is 0 Å². The molecule has 102 valence electrons. The molecule has 5 heteroatoms. The number of ether oxygens (including phenoxy) is 2. The van der Waals surface area contributed by atoms with Crippen molar-refractivity contribution in [2.45, 2.75) is 25.7 Å². The fraction of sp³-hybridized carbons (Fsp3) is 0.917. The summed E-state index contributed by atoms with van der Waals surface area (Å²) in [6.07, 6.45) is 2.92. The van der Waals surface area contributed by atoms with E-state index in [0.29, 0.717) is 6.61 Å². The molecular weight excluding hydrogens is 222 g/mol. The summed E-state index contributed by atoms with van der Waals surface area (Å²) in [6, 6.07) is 0. The second-order valence-electron chi connectivity index (χ2n) is 4.03. The van der Waals surface area contributed by atoms with E-state index in [4.69, 9.17) is 14.6 Å². The first kappa shape index (κ1) is 16.4. The Kier molecular flexibility index (Phi) is 11.4. The van der Waals surface area contributed by atoms with Crippen LogP contribution in [0.25, 0.3) is 0 Å². The number of hydrogen-bond acceptors (Lipinski definition) is 4. The van der Waals surface area contributed by atoms with Gasteiger partial charge in [0.05, 0.1) is 6.61 Å². The van der Waals surface area contributed by atoms with E-state index in [1.807, 2.05) is 0 Å². The van der Waals surface area contributed by atoms with Crippen LogP contribution in [-0.2, 0) is 14.3 Å². The van der Waals surface area contributed by atoms with Crippen LogP contribution in [-0.4, -0.2) is 63.0 Å². The number of unbranched alkanes of at least 4 members (excludes halogenated alkanes) is 1. The molecule has 0 radical (unpaired) electrons. The summed E-state index contributed by atoms with van der Waals surface area (Å²) in [4.78, 5) is 12.7. The lowest BCUT2D eigenvalue weighted by atomic mass is 10.2. The predicted octanol–water partition coefficient (Wildman–Crippen LogP) is 1.23. The average molecular weight is 247 g/mol. The van der Waals surface area contributed by atoms with E-state index in [9.17, 15) is 4.79 Å². The standard InChI is InChI=1S/C12H25NO4/c1-16-10-5-8-13(9-11-17-2)7-4-3-6-12(14)15/h3-11H2,1-2H3,(H,14,15). The van der Waals surface area contributed by atoms with E-state index < -0.39 is 5.97 Å². The molecule has 0 rings (SSSR count). The quantitative estimate of drug-likeness (QED) is 0.526. The molecule has 0 aromatic rings. The number of aliphatic carboxylic acids is 1. The third-order valence-electron chi connectivity index (χ3n) is 2.55. The maximum atomic E-state index is 10.4. The highest BCUT2D eigenvalue weighted by molar-refractivity contribution is 5.66. The number of hydrogen-bond donors (Lipinski definition) is 1. The first-order chi connectivity index (χ1) is 8.20. The van der Waals surface area contributed by atoms with Crippen LogP contribution in [0.2, 0.25) is 0 Å². The van der Waals surface area contributed by atoms with Crippen LogP contribution in [0.4, 0.5) is 0 Å². The van der Waals surface area contributed by atoms with Crippen molar-refractivity contribution in [3.8, 4) is 0 Å². The van der Waals surface area contributed by atoms with Gasteiger partial charge < -0.3 is 19.5 Å². The van der Waals surface area contributed by atoms with Crippen molar-refractivity contribution >= 4 is 5.97 Å². The zero-order valence-corrected chi connectivity index (χ0v) is 11.0. The Hall–Kier alpha value is -0.650. The molecule has 0 bridgehead atoms. The summed E-state index contributed by atoms with van der Waals surface area (Å²) in [5, 5.41) is 8.54. The first-order valence-corrected chi connectivity index (χ1v) is 6.12. The Bertz CT molecular complexity index is 187. The lowest BCUT2D eigenvalue weighted by molar-refractivity contribution is -0.137. The fourth-order valence-corrected chi connectivity index (χ4v) is 1.60. The minimum absolute atomic E-state index is 0.260. The number of nitrogens with zero attached hydrogens (tertiary/aromatic N) is 1. The second-order valence-corrected chi connectivity index (χ2v) is 4.03. The lowest BCUT2D eigenvalue weighted by Gasteiger charge is -2.21. The molecule has 0 spiro atoms. The van der Waals surface area contributed by atoms with Crippen molar-refractivity contribution in [2.24, 2.45) is 0 Å². The molecule has 0 aromatic heterocycles. The highest BCUT2D eigenvalue weighted by atomic mass is 16.5. The molecule has 0 unspecified atom stereocenters. The van der Waals surface area contributed by atoms with Gasteiger partial charge in [-0.05, 0) is 25.8 Å². The second kappa shape index (κ2) is 11.8. The summed E-state index contributed by atoms with van der Waals surface area (Å²) >= 11 is 0. The van der Waals surface area contributed by atoms with Gasteiger partial charge in [0.25, 0.3) is 0 Å². The number of methoxy groups -OCH3 is 2. The molecule has 0 atom stereocenters. The van der Waals surface area contributed by atoms with Crippen molar-refractivity contribution in [2.75, 3.05) is 47.1 Å². The van der Waals surface area contributed by atoms with Crippen molar-refractivity contribution in [3.63, 3.8) is 0 Å². The smallest absolute Gasteiger partial charge is 0.303 e. The molecule has 0 aromatic carbocycles. The Balaban J connectivity index is 3.64. The third-order valence-corrected chi connectivity index (χ3v) is 2.55. The van der Waals surface area contributed by atoms with Gasteiger partial charge in [-0.3, -0.25) is 4.79 Å². The topological polar surface area (TPSA) is 59.0 Å². The molecule has 5 nitrogen and oxygen atoms in total. The van der Waals surface area contributed by atoms with Crippen LogP contribution in [0, 0.1) is 0 Å². The molecule has 0 heterocycles. The van der Waals surface area contributed by atoms with E-state index in [-0.39, 0.29) is 6.42 Å². The molecule has 0 aliphatic heterocycles. The maximum absolute atomic E-state index is 10.4. The van der Waals surface area contributed by atoms with E-state index in [1.54, 1.807) is 14.2 Å². The molecule has 17 heavy (non-hydrogen) atoms. The Morgan fingerprint density at radius 2 is 1.65 bits per heavy atom. The molecule has 1 N–H and O–H groups in total. The number of carboxylic acids is 1. The first-order valence-electron chi connectivity index (χ1n) is 6.12. The van der Waals surface area contributed by atoms with Crippen molar-refractivity contribution in [3.05, 3.63) is 0 Å². The van der Waals surface area contributed by atoms with Gasteiger partial charge in [0.2, 0.25) is 0 Å². The SMILES string of the molecule is COCCCN(CCCCC(=O)O)CCOC. The third kappa shape index (κ3) is 11.6. The molecule has 0 saturated carbocycles. The Morgan fingerprint density at radius 1 is 1.00 bits per heavy atom. The van der Waals surface area contributed by atoms with E-state index in [0.717, 1.165) is 45.5 Å². The molecule has 0 amide bonds. The van der Waals surface area contributed by atoms with Crippen molar-refractivity contribution in [1.29, 1.82) is 0 Å². The van der Waals surface area contributed by atoms with Crippen molar-refractivity contribution < 1.29 is 19.4 Å².